The van der Waals surface area contributed by atoms with Gasteiger partial charge in [0.05, 0.1) is 26.2 Å². The van der Waals surface area contributed by atoms with Crippen LogP contribution in [0.1, 0.15) is 0 Å². The van der Waals surface area contributed by atoms with Gasteiger partial charge in [-0.2, -0.15) is 0 Å². The number of fused-ring (bicyclic) bond motifs is 1. The molecule has 4 rings (SSSR count). The number of thiazole rings is 1. The van der Waals surface area contributed by atoms with Gasteiger partial charge in [-0.05, 0) is 24.3 Å². The Morgan fingerprint density at radius 3 is 2.63 bits per heavy atom. The molecule has 4 aromatic rings. The molecule has 0 bridgehead atoms. The predicted molar refractivity (Wildman–Crippen MR) is 106 cm³/mol. The van der Waals surface area contributed by atoms with Crippen LogP contribution in [0.15, 0.2) is 57.1 Å². The molecule has 0 amide bonds. The van der Waals surface area contributed by atoms with Gasteiger partial charge in [-0.15, -0.1) is 11.3 Å². The number of aromatic nitrogens is 1. The first-order chi connectivity index (χ1) is 12.9. The zero-order valence-electron chi connectivity index (χ0n) is 13.3. The number of non-ortho nitro benzene ring substituents is 1. The van der Waals surface area contributed by atoms with Gasteiger partial charge in [0, 0.05) is 28.5 Å². The molecule has 0 radical (unpaired) electrons. The molecule has 0 atom stereocenters. The lowest BCUT2D eigenvalue weighted by molar-refractivity contribution is -0.384. The second-order valence-electron chi connectivity index (χ2n) is 5.59. The Hall–Kier alpha value is -2.74. The second-order valence-corrected chi connectivity index (χ2v) is 7.27. The lowest BCUT2D eigenvalue weighted by Crippen LogP contribution is -2.02. The topological polar surface area (TPSA) is 86.2 Å². The molecular weight excluding hydrogens is 411 g/mol. The van der Waals surface area contributed by atoms with Crippen molar-refractivity contribution >= 4 is 51.2 Å². The zero-order chi connectivity index (χ0) is 19.1. The molecule has 0 unspecified atom stereocenters. The molecule has 0 fully saturated rings. The monoisotopic (exact) mass is 418 g/mol. The maximum Gasteiger partial charge on any atom is 0.346 e. The molecule has 9 heteroatoms. The smallest absolute Gasteiger partial charge is 0.346 e. The van der Waals surface area contributed by atoms with Crippen LogP contribution in [0.2, 0.25) is 10.0 Å². The number of hydrogen-bond donors (Lipinski definition) is 0. The normalized spacial score (nSPS) is 11.0. The Balaban J connectivity index is 1.81. The van der Waals surface area contributed by atoms with Crippen molar-refractivity contribution in [3.05, 3.63) is 78.4 Å². The third-order valence-electron chi connectivity index (χ3n) is 3.88. The minimum atomic E-state index is -0.564. The quantitative estimate of drug-likeness (QED) is 0.238. The maximum atomic E-state index is 12.3. The van der Waals surface area contributed by atoms with Crippen molar-refractivity contribution < 1.29 is 9.34 Å². The fourth-order valence-corrected chi connectivity index (χ4v) is 3.69. The average molecular weight is 419 g/mol. The van der Waals surface area contributed by atoms with Crippen molar-refractivity contribution in [2.45, 2.75) is 0 Å². The molecule has 0 saturated heterocycles. The summed E-state index contributed by atoms with van der Waals surface area (Å²) in [7, 11) is 0. The van der Waals surface area contributed by atoms with Crippen molar-refractivity contribution in [2.24, 2.45) is 0 Å². The Kier molecular flexibility index (Phi) is 4.43. The molecular formula is C18H8Cl2N2O4S. The minimum Gasteiger partial charge on any atom is -0.422 e. The fraction of sp³-hybridized carbons (Fsp3) is 0. The molecule has 0 N–H and O–H groups in total. The highest BCUT2D eigenvalue weighted by Crippen LogP contribution is 2.32. The van der Waals surface area contributed by atoms with Crippen molar-refractivity contribution in [2.75, 3.05) is 0 Å². The summed E-state index contributed by atoms with van der Waals surface area (Å²) in [6, 6.07) is 10.7. The van der Waals surface area contributed by atoms with Gasteiger partial charge in [0.25, 0.3) is 5.69 Å². The Morgan fingerprint density at radius 1 is 1.07 bits per heavy atom. The fourth-order valence-electron chi connectivity index (χ4n) is 2.56. The number of hydrogen-bond acceptors (Lipinski definition) is 6. The van der Waals surface area contributed by atoms with E-state index in [2.05, 4.69) is 4.98 Å². The first-order valence-electron chi connectivity index (χ1n) is 7.56. The summed E-state index contributed by atoms with van der Waals surface area (Å²) in [5.41, 5.74) is 1.25. The summed E-state index contributed by atoms with van der Waals surface area (Å²) >= 11 is 13.2. The van der Waals surface area contributed by atoms with Gasteiger partial charge in [0.1, 0.15) is 10.6 Å². The van der Waals surface area contributed by atoms with E-state index in [9.17, 15) is 14.9 Å². The van der Waals surface area contributed by atoms with Crippen LogP contribution in [0.3, 0.4) is 0 Å². The third-order valence-corrected chi connectivity index (χ3v) is 5.49. The summed E-state index contributed by atoms with van der Waals surface area (Å²) < 4.78 is 5.28. The molecule has 134 valence electrons. The molecule has 2 heterocycles. The lowest BCUT2D eigenvalue weighted by Gasteiger charge is -2.01. The van der Waals surface area contributed by atoms with Gasteiger partial charge in [-0.3, -0.25) is 10.1 Å². The first kappa shape index (κ1) is 17.7. The van der Waals surface area contributed by atoms with E-state index < -0.39 is 10.5 Å². The van der Waals surface area contributed by atoms with E-state index in [4.69, 9.17) is 27.6 Å². The summed E-state index contributed by atoms with van der Waals surface area (Å²) in [4.78, 5) is 27.3. The van der Waals surface area contributed by atoms with E-state index in [1.165, 1.54) is 29.5 Å². The van der Waals surface area contributed by atoms with E-state index in [-0.39, 0.29) is 16.8 Å². The van der Waals surface area contributed by atoms with Gasteiger partial charge in [-0.1, -0.05) is 29.3 Å². The van der Waals surface area contributed by atoms with Gasteiger partial charge in [0.2, 0.25) is 0 Å². The third kappa shape index (κ3) is 3.32. The van der Waals surface area contributed by atoms with E-state index >= 15 is 0 Å². The zero-order valence-corrected chi connectivity index (χ0v) is 15.6. The highest BCUT2D eigenvalue weighted by molar-refractivity contribution is 7.13. The number of nitro benzene ring substituents is 1. The SMILES string of the molecule is O=c1oc2ccc([N+](=O)[O-])cc2cc1-c1nc(-c2ccc(Cl)c(Cl)c2)cs1. The summed E-state index contributed by atoms with van der Waals surface area (Å²) in [6.07, 6.45) is 0. The molecule has 6 nitrogen and oxygen atoms in total. The highest BCUT2D eigenvalue weighted by Gasteiger charge is 2.15. The van der Waals surface area contributed by atoms with Crippen LogP contribution in [0.25, 0.3) is 32.8 Å². The molecule has 2 aromatic heterocycles. The molecule has 0 aliphatic heterocycles. The van der Waals surface area contributed by atoms with Gasteiger partial charge in [0.15, 0.2) is 0 Å². The number of nitro groups is 1. The van der Waals surface area contributed by atoms with Gasteiger partial charge >= 0.3 is 5.63 Å². The predicted octanol–water partition coefficient (Wildman–Crippen LogP) is 5.80. The van der Waals surface area contributed by atoms with Gasteiger partial charge < -0.3 is 4.42 Å². The van der Waals surface area contributed by atoms with Crippen LogP contribution in [-0.2, 0) is 0 Å². The van der Waals surface area contributed by atoms with Crippen molar-refractivity contribution in [1.29, 1.82) is 0 Å². The molecule has 0 aliphatic rings. The minimum absolute atomic E-state index is 0.0852. The van der Waals surface area contributed by atoms with Crippen molar-refractivity contribution in [3.63, 3.8) is 0 Å². The van der Waals surface area contributed by atoms with E-state index in [1.807, 2.05) is 0 Å². The summed E-state index contributed by atoms with van der Waals surface area (Å²) in [5, 5.41) is 14.5. The molecule has 2 aromatic carbocycles. The number of nitrogens with zero attached hydrogens (tertiary/aromatic N) is 2. The van der Waals surface area contributed by atoms with Crippen LogP contribution in [0, 0.1) is 10.1 Å². The Morgan fingerprint density at radius 2 is 1.89 bits per heavy atom. The Labute approximate surface area is 165 Å². The molecule has 27 heavy (non-hydrogen) atoms. The first-order valence-corrected chi connectivity index (χ1v) is 9.19. The number of rotatable bonds is 3. The molecule has 0 spiro atoms. The average Bonchev–Trinajstić information content (AvgIpc) is 3.12. The number of benzene rings is 2. The van der Waals surface area contributed by atoms with E-state index in [0.29, 0.717) is 26.1 Å². The van der Waals surface area contributed by atoms with Crippen LogP contribution in [0.5, 0.6) is 0 Å². The molecule has 0 saturated carbocycles. The standard InChI is InChI=1S/C18H8Cl2N2O4S/c19-13-3-1-9(7-14(13)20)15-8-27-17(21-15)12-6-10-5-11(22(24)25)2-4-16(10)26-18(12)23/h1-8H. The van der Waals surface area contributed by atoms with Crippen LogP contribution in [0.4, 0.5) is 5.69 Å². The summed E-state index contributed by atoms with van der Waals surface area (Å²) in [5.74, 6) is 0. The van der Waals surface area contributed by atoms with Crippen molar-refractivity contribution in [1.82, 2.24) is 4.98 Å². The maximum absolute atomic E-state index is 12.3. The largest absolute Gasteiger partial charge is 0.422 e. The van der Waals surface area contributed by atoms with E-state index in [1.54, 1.807) is 29.6 Å². The second kappa shape index (κ2) is 6.77. The van der Waals surface area contributed by atoms with Gasteiger partial charge in [-0.25, -0.2) is 9.78 Å². The highest BCUT2D eigenvalue weighted by atomic mass is 35.5. The van der Waals surface area contributed by atoms with Crippen LogP contribution >= 0.6 is 34.5 Å². The van der Waals surface area contributed by atoms with Crippen LogP contribution in [-0.4, -0.2) is 9.91 Å². The van der Waals surface area contributed by atoms with Crippen LogP contribution < -0.4 is 5.63 Å². The number of halogens is 2. The Bertz CT molecular complexity index is 1270. The van der Waals surface area contributed by atoms with E-state index in [0.717, 1.165) is 5.56 Å². The summed E-state index contributed by atoms with van der Waals surface area (Å²) in [6.45, 7) is 0. The molecule has 0 aliphatic carbocycles. The van der Waals surface area contributed by atoms with Crippen molar-refractivity contribution in [3.8, 4) is 21.8 Å². The lowest BCUT2D eigenvalue weighted by atomic mass is 10.1.